The molecule has 3 nitrogen and oxygen atoms in total. The maximum absolute atomic E-state index is 13.2. The van der Waals surface area contributed by atoms with Gasteiger partial charge in [-0.15, -0.1) is 0 Å². The Labute approximate surface area is 121 Å². The van der Waals surface area contributed by atoms with Gasteiger partial charge in [-0.25, -0.2) is 4.39 Å². The van der Waals surface area contributed by atoms with E-state index in [-0.39, 0.29) is 17.8 Å². The summed E-state index contributed by atoms with van der Waals surface area (Å²) in [5.41, 5.74) is 0.541. The number of halogens is 2. The minimum atomic E-state index is -0.345. The highest BCUT2D eigenvalue weighted by Crippen LogP contribution is 2.23. The van der Waals surface area contributed by atoms with Gasteiger partial charge in [-0.1, -0.05) is 0 Å². The van der Waals surface area contributed by atoms with E-state index in [2.05, 4.69) is 20.8 Å². The van der Waals surface area contributed by atoms with Gasteiger partial charge in [0.15, 0.2) is 0 Å². The largest absolute Gasteiger partial charge is 0.334 e. The van der Waals surface area contributed by atoms with Gasteiger partial charge in [-0.2, -0.15) is 0 Å². The molecule has 1 unspecified atom stereocenters. The fourth-order valence-electron chi connectivity index (χ4n) is 2.51. The van der Waals surface area contributed by atoms with Gasteiger partial charge in [0.25, 0.3) is 5.91 Å². The van der Waals surface area contributed by atoms with Crippen LogP contribution in [0, 0.1) is 5.82 Å². The first-order valence-corrected chi connectivity index (χ1v) is 7.19. The van der Waals surface area contributed by atoms with E-state index in [1.54, 1.807) is 12.1 Å². The average Bonchev–Trinajstić information content (AvgIpc) is 2.79. The molecule has 1 atom stereocenters. The number of likely N-dealkylation sites (tertiary alicyclic amines) is 1. The molecule has 2 rings (SSSR count). The summed E-state index contributed by atoms with van der Waals surface area (Å²) in [7, 11) is 4.02. The summed E-state index contributed by atoms with van der Waals surface area (Å²) >= 11 is 3.12. The lowest BCUT2D eigenvalue weighted by Gasteiger charge is -2.27. The SMILES string of the molecule is CN(C)CC1CCCN1C(=O)c1ccc(F)c(Br)c1. The fourth-order valence-corrected chi connectivity index (χ4v) is 2.89. The molecule has 0 bridgehead atoms. The van der Waals surface area contributed by atoms with Crippen molar-refractivity contribution in [2.24, 2.45) is 0 Å². The molecule has 0 aliphatic carbocycles. The third-order valence-corrected chi connectivity index (χ3v) is 3.99. The van der Waals surface area contributed by atoms with Crippen molar-refractivity contribution in [2.45, 2.75) is 18.9 Å². The van der Waals surface area contributed by atoms with Crippen LogP contribution in [0.25, 0.3) is 0 Å². The normalized spacial score (nSPS) is 19.2. The summed E-state index contributed by atoms with van der Waals surface area (Å²) in [6, 6.07) is 4.69. The number of carbonyl (C=O) groups excluding carboxylic acids is 1. The molecule has 0 radical (unpaired) electrons. The number of hydrogen-bond donors (Lipinski definition) is 0. The molecule has 1 heterocycles. The number of likely N-dealkylation sites (N-methyl/N-ethyl adjacent to an activating group) is 1. The van der Waals surface area contributed by atoms with Gasteiger partial charge in [0.1, 0.15) is 5.82 Å². The number of amides is 1. The van der Waals surface area contributed by atoms with Gasteiger partial charge >= 0.3 is 0 Å². The van der Waals surface area contributed by atoms with E-state index >= 15 is 0 Å². The van der Waals surface area contributed by atoms with Crippen molar-refractivity contribution in [2.75, 3.05) is 27.2 Å². The van der Waals surface area contributed by atoms with E-state index in [4.69, 9.17) is 0 Å². The zero-order valence-electron chi connectivity index (χ0n) is 11.2. The second-order valence-electron chi connectivity index (χ2n) is 5.19. The molecule has 1 aromatic rings. The quantitative estimate of drug-likeness (QED) is 0.851. The van der Waals surface area contributed by atoms with Gasteiger partial charge in [-0.05, 0) is 61.1 Å². The fraction of sp³-hybridized carbons (Fsp3) is 0.500. The molecule has 1 saturated heterocycles. The van der Waals surface area contributed by atoms with Crippen LogP contribution in [-0.2, 0) is 0 Å². The monoisotopic (exact) mass is 328 g/mol. The molecule has 1 aliphatic rings. The second kappa shape index (κ2) is 6.01. The van der Waals surface area contributed by atoms with Crippen molar-refractivity contribution in [1.82, 2.24) is 9.80 Å². The first-order valence-electron chi connectivity index (χ1n) is 6.40. The lowest BCUT2D eigenvalue weighted by molar-refractivity contribution is 0.0716. The van der Waals surface area contributed by atoms with E-state index in [9.17, 15) is 9.18 Å². The van der Waals surface area contributed by atoms with E-state index in [1.165, 1.54) is 6.07 Å². The standard InChI is InChI=1S/C14H18BrFN2O/c1-17(2)9-11-4-3-7-18(11)14(19)10-5-6-13(16)12(15)8-10/h5-6,8,11H,3-4,7,9H2,1-2H3. The lowest BCUT2D eigenvalue weighted by Crippen LogP contribution is -2.41. The lowest BCUT2D eigenvalue weighted by atomic mass is 10.1. The Hall–Kier alpha value is -0.940. The van der Waals surface area contributed by atoms with E-state index in [0.717, 1.165) is 25.9 Å². The van der Waals surface area contributed by atoms with Crippen molar-refractivity contribution in [1.29, 1.82) is 0 Å². The highest BCUT2D eigenvalue weighted by Gasteiger charge is 2.29. The molecule has 0 spiro atoms. The summed E-state index contributed by atoms with van der Waals surface area (Å²) in [6.07, 6.45) is 2.07. The maximum Gasteiger partial charge on any atom is 0.254 e. The van der Waals surface area contributed by atoms with Crippen LogP contribution in [0.15, 0.2) is 22.7 Å². The third kappa shape index (κ3) is 3.34. The maximum atomic E-state index is 13.2. The van der Waals surface area contributed by atoms with Crippen LogP contribution in [0.3, 0.4) is 0 Å². The molecular formula is C14H18BrFN2O. The summed E-state index contributed by atoms with van der Waals surface area (Å²) in [4.78, 5) is 16.5. The van der Waals surface area contributed by atoms with E-state index in [1.807, 2.05) is 19.0 Å². The van der Waals surface area contributed by atoms with Crippen molar-refractivity contribution in [3.05, 3.63) is 34.1 Å². The Morgan fingerprint density at radius 2 is 2.26 bits per heavy atom. The van der Waals surface area contributed by atoms with Crippen molar-refractivity contribution in [3.63, 3.8) is 0 Å². The number of benzene rings is 1. The summed E-state index contributed by atoms with van der Waals surface area (Å²) in [5, 5.41) is 0. The van der Waals surface area contributed by atoms with Crippen LogP contribution < -0.4 is 0 Å². The molecule has 5 heteroatoms. The van der Waals surface area contributed by atoms with Gasteiger partial charge in [0, 0.05) is 24.7 Å². The molecule has 104 valence electrons. The summed E-state index contributed by atoms with van der Waals surface area (Å²) < 4.78 is 13.5. The Morgan fingerprint density at radius 1 is 1.53 bits per heavy atom. The van der Waals surface area contributed by atoms with Crippen LogP contribution in [-0.4, -0.2) is 48.9 Å². The summed E-state index contributed by atoms with van der Waals surface area (Å²) in [6.45, 7) is 1.65. The Bertz CT molecular complexity index is 479. The molecule has 19 heavy (non-hydrogen) atoms. The minimum Gasteiger partial charge on any atom is -0.334 e. The number of rotatable bonds is 3. The highest BCUT2D eigenvalue weighted by molar-refractivity contribution is 9.10. The minimum absolute atomic E-state index is 0.00921. The third-order valence-electron chi connectivity index (χ3n) is 3.38. The summed E-state index contributed by atoms with van der Waals surface area (Å²) in [5.74, 6) is -0.354. The molecular weight excluding hydrogens is 311 g/mol. The van der Waals surface area contributed by atoms with E-state index in [0.29, 0.717) is 10.0 Å². The average molecular weight is 329 g/mol. The van der Waals surface area contributed by atoms with Crippen molar-refractivity contribution < 1.29 is 9.18 Å². The molecule has 1 amide bonds. The second-order valence-corrected chi connectivity index (χ2v) is 6.04. The van der Waals surface area contributed by atoms with Crippen LogP contribution >= 0.6 is 15.9 Å². The molecule has 1 aliphatic heterocycles. The Morgan fingerprint density at radius 3 is 2.89 bits per heavy atom. The molecule has 1 aromatic carbocycles. The topological polar surface area (TPSA) is 23.6 Å². The Balaban J connectivity index is 2.16. The van der Waals surface area contributed by atoms with Gasteiger partial charge in [0.05, 0.1) is 4.47 Å². The highest BCUT2D eigenvalue weighted by atomic mass is 79.9. The zero-order valence-corrected chi connectivity index (χ0v) is 12.8. The van der Waals surface area contributed by atoms with Crippen LogP contribution in [0.5, 0.6) is 0 Å². The van der Waals surface area contributed by atoms with Crippen LogP contribution in [0.2, 0.25) is 0 Å². The molecule has 0 N–H and O–H groups in total. The first-order chi connectivity index (χ1) is 8.99. The van der Waals surface area contributed by atoms with Gasteiger partial charge in [-0.3, -0.25) is 4.79 Å². The molecule has 0 saturated carbocycles. The number of hydrogen-bond acceptors (Lipinski definition) is 2. The van der Waals surface area contributed by atoms with Gasteiger partial charge in [0.2, 0.25) is 0 Å². The van der Waals surface area contributed by atoms with E-state index < -0.39 is 0 Å². The van der Waals surface area contributed by atoms with Crippen LogP contribution in [0.4, 0.5) is 4.39 Å². The predicted octanol–water partition coefficient (Wildman–Crippen LogP) is 2.75. The smallest absolute Gasteiger partial charge is 0.254 e. The van der Waals surface area contributed by atoms with Crippen LogP contribution in [0.1, 0.15) is 23.2 Å². The zero-order chi connectivity index (χ0) is 14.0. The van der Waals surface area contributed by atoms with Crippen molar-refractivity contribution in [3.8, 4) is 0 Å². The molecule has 1 fully saturated rings. The molecule has 0 aromatic heterocycles. The van der Waals surface area contributed by atoms with Crippen molar-refractivity contribution >= 4 is 21.8 Å². The predicted molar refractivity (Wildman–Crippen MR) is 76.7 cm³/mol. The Kier molecular flexibility index (Phi) is 4.58. The van der Waals surface area contributed by atoms with Gasteiger partial charge < -0.3 is 9.80 Å². The number of nitrogens with zero attached hydrogens (tertiary/aromatic N) is 2. The first kappa shape index (κ1) is 14.5. The number of carbonyl (C=O) groups is 1.